The summed E-state index contributed by atoms with van der Waals surface area (Å²) in [5.74, 6) is 1.03. The van der Waals surface area contributed by atoms with Crippen LogP contribution in [0.2, 0.25) is 0 Å². The van der Waals surface area contributed by atoms with Crippen molar-refractivity contribution in [2.45, 2.75) is 24.1 Å². The summed E-state index contributed by atoms with van der Waals surface area (Å²) in [6.45, 7) is 1.31. The average Bonchev–Trinajstić information content (AvgIpc) is 2.68. The molecule has 0 radical (unpaired) electrons. The molecule has 1 aliphatic rings. The number of hydrogen-bond acceptors (Lipinski definition) is 5. The Morgan fingerprint density at radius 2 is 1.63 bits per heavy atom. The van der Waals surface area contributed by atoms with Crippen LogP contribution in [0, 0.1) is 0 Å². The van der Waals surface area contributed by atoms with Gasteiger partial charge < -0.3 is 15.4 Å². The Morgan fingerprint density at radius 3 is 2.22 bits per heavy atom. The Kier molecular flexibility index (Phi) is 5.82. The fourth-order valence-electron chi connectivity index (χ4n) is 3.24. The van der Waals surface area contributed by atoms with Gasteiger partial charge in [-0.1, -0.05) is 30.3 Å². The number of rotatable bonds is 6. The topological polar surface area (TPSA) is 84.5 Å². The Labute approximate surface area is 159 Å². The van der Waals surface area contributed by atoms with E-state index >= 15 is 0 Å². The number of carbonyl (C=O) groups is 1. The van der Waals surface area contributed by atoms with E-state index < -0.39 is 20.5 Å². The molecular formula is C20H24N2O4S. The maximum Gasteiger partial charge on any atom is 0.241 e. The molecule has 0 aliphatic carbocycles. The summed E-state index contributed by atoms with van der Waals surface area (Å²) in [5, 5.41) is 5.91. The predicted octanol–water partition coefficient (Wildman–Crippen LogP) is 2.26. The lowest BCUT2D eigenvalue weighted by Gasteiger charge is -2.34. The molecule has 0 spiro atoms. The van der Waals surface area contributed by atoms with E-state index in [1.165, 1.54) is 0 Å². The predicted molar refractivity (Wildman–Crippen MR) is 104 cm³/mol. The molecule has 0 saturated carbocycles. The minimum absolute atomic E-state index is 0.273. The van der Waals surface area contributed by atoms with Gasteiger partial charge in [0.05, 0.1) is 0 Å². The minimum atomic E-state index is -3.50. The van der Waals surface area contributed by atoms with Crippen LogP contribution >= 0.6 is 0 Å². The first-order valence-electron chi connectivity index (χ1n) is 8.91. The number of hydrogen-bond donors (Lipinski definition) is 2. The molecule has 3 rings (SSSR count). The largest absolute Gasteiger partial charge is 0.457 e. The SMILES string of the molecule is CS(=O)(=O)C1(C(=O)NCc2ccc(Oc3ccccc3)cc2)CCNCC1. The summed E-state index contributed by atoms with van der Waals surface area (Å²) >= 11 is 0. The summed E-state index contributed by atoms with van der Waals surface area (Å²) in [6.07, 6.45) is 1.73. The van der Waals surface area contributed by atoms with Crippen LogP contribution in [0.5, 0.6) is 11.5 Å². The normalized spacial score (nSPS) is 16.5. The van der Waals surface area contributed by atoms with Gasteiger partial charge in [-0.25, -0.2) is 8.42 Å². The van der Waals surface area contributed by atoms with Crippen LogP contribution < -0.4 is 15.4 Å². The zero-order valence-electron chi connectivity index (χ0n) is 15.3. The molecule has 7 heteroatoms. The summed E-state index contributed by atoms with van der Waals surface area (Å²) in [5.41, 5.74) is 0.876. The van der Waals surface area contributed by atoms with E-state index in [2.05, 4.69) is 10.6 Å². The van der Waals surface area contributed by atoms with E-state index in [0.717, 1.165) is 17.6 Å². The van der Waals surface area contributed by atoms with E-state index in [0.29, 0.717) is 31.7 Å². The van der Waals surface area contributed by atoms with Crippen molar-refractivity contribution in [3.8, 4) is 11.5 Å². The highest BCUT2D eigenvalue weighted by Crippen LogP contribution is 2.28. The lowest BCUT2D eigenvalue weighted by Crippen LogP contribution is -2.57. The van der Waals surface area contributed by atoms with Gasteiger partial charge in [-0.15, -0.1) is 0 Å². The molecule has 0 bridgehead atoms. The van der Waals surface area contributed by atoms with E-state index in [4.69, 9.17) is 4.74 Å². The van der Waals surface area contributed by atoms with Crippen molar-refractivity contribution in [3.05, 3.63) is 60.2 Å². The third-order valence-electron chi connectivity index (χ3n) is 4.89. The lowest BCUT2D eigenvalue weighted by molar-refractivity contribution is -0.124. The number of benzene rings is 2. The van der Waals surface area contributed by atoms with Gasteiger partial charge >= 0.3 is 0 Å². The number of nitrogens with one attached hydrogen (secondary N) is 2. The van der Waals surface area contributed by atoms with Gasteiger partial charge in [-0.3, -0.25) is 4.79 Å². The Bertz CT molecular complexity index is 874. The zero-order valence-corrected chi connectivity index (χ0v) is 16.1. The highest BCUT2D eigenvalue weighted by atomic mass is 32.2. The second kappa shape index (κ2) is 8.10. The van der Waals surface area contributed by atoms with Gasteiger partial charge in [0.25, 0.3) is 0 Å². The van der Waals surface area contributed by atoms with Crippen molar-refractivity contribution in [2.75, 3.05) is 19.3 Å². The highest BCUT2D eigenvalue weighted by molar-refractivity contribution is 7.92. The van der Waals surface area contributed by atoms with Crippen LogP contribution in [0.25, 0.3) is 0 Å². The zero-order chi connectivity index (χ0) is 19.3. The molecule has 2 aromatic carbocycles. The van der Waals surface area contributed by atoms with Crippen molar-refractivity contribution in [2.24, 2.45) is 0 Å². The number of ether oxygens (including phenoxy) is 1. The molecule has 2 aromatic rings. The molecule has 144 valence electrons. The second-order valence-corrected chi connectivity index (χ2v) is 9.08. The summed E-state index contributed by atoms with van der Waals surface area (Å²) in [4.78, 5) is 12.7. The van der Waals surface area contributed by atoms with Crippen LogP contribution in [0.4, 0.5) is 0 Å². The molecule has 6 nitrogen and oxygen atoms in total. The molecule has 2 N–H and O–H groups in total. The summed E-state index contributed by atoms with van der Waals surface area (Å²) in [7, 11) is -3.50. The van der Waals surface area contributed by atoms with Gasteiger partial charge in [-0.05, 0) is 55.8 Å². The molecule has 0 atom stereocenters. The van der Waals surface area contributed by atoms with Crippen LogP contribution in [-0.4, -0.2) is 38.4 Å². The van der Waals surface area contributed by atoms with Gasteiger partial charge in [0.2, 0.25) is 5.91 Å². The molecule has 27 heavy (non-hydrogen) atoms. The molecule has 1 amide bonds. The maximum absolute atomic E-state index is 12.7. The lowest BCUT2D eigenvalue weighted by atomic mass is 9.95. The molecule has 1 aliphatic heterocycles. The Morgan fingerprint density at radius 1 is 1.04 bits per heavy atom. The summed E-state index contributed by atoms with van der Waals surface area (Å²) in [6, 6.07) is 16.8. The molecule has 0 aromatic heterocycles. The van der Waals surface area contributed by atoms with E-state index in [1.54, 1.807) is 0 Å². The molecule has 1 heterocycles. The number of sulfone groups is 1. The molecule has 0 unspecified atom stereocenters. The van der Waals surface area contributed by atoms with E-state index in [-0.39, 0.29) is 6.54 Å². The Balaban J connectivity index is 1.63. The van der Waals surface area contributed by atoms with Crippen molar-refractivity contribution >= 4 is 15.7 Å². The standard InChI is InChI=1S/C20H24N2O4S/c1-27(24,25)20(11-13-21-14-12-20)19(23)22-15-16-7-9-18(10-8-16)26-17-5-3-2-4-6-17/h2-10,21H,11-15H2,1H3,(H,22,23). The minimum Gasteiger partial charge on any atom is -0.457 e. The van der Waals surface area contributed by atoms with Gasteiger partial charge in [0.15, 0.2) is 14.6 Å². The Hall–Kier alpha value is -2.38. The first-order chi connectivity index (χ1) is 12.9. The summed E-state index contributed by atoms with van der Waals surface area (Å²) < 4.78 is 29.0. The van der Waals surface area contributed by atoms with Crippen molar-refractivity contribution in [1.29, 1.82) is 0 Å². The first kappa shape index (κ1) is 19.4. The quantitative estimate of drug-likeness (QED) is 0.793. The fraction of sp³-hybridized carbons (Fsp3) is 0.350. The molecule has 1 fully saturated rings. The van der Waals surface area contributed by atoms with Crippen LogP contribution in [0.15, 0.2) is 54.6 Å². The molecule has 1 saturated heterocycles. The van der Waals surface area contributed by atoms with Crippen LogP contribution in [-0.2, 0) is 21.2 Å². The average molecular weight is 388 g/mol. The van der Waals surface area contributed by atoms with Crippen LogP contribution in [0.3, 0.4) is 0 Å². The number of carbonyl (C=O) groups excluding carboxylic acids is 1. The fourth-order valence-corrected chi connectivity index (χ4v) is 4.59. The number of amides is 1. The number of piperidine rings is 1. The van der Waals surface area contributed by atoms with E-state index in [1.807, 2.05) is 54.6 Å². The second-order valence-electron chi connectivity index (χ2n) is 6.76. The van der Waals surface area contributed by atoms with Gasteiger partial charge in [0.1, 0.15) is 11.5 Å². The van der Waals surface area contributed by atoms with Crippen LogP contribution in [0.1, 0.15) is 18.4 Å². The van der Waals surface area contributed by atoms with Crippen molar-refractivity contribution < 1.29 is 17.9 Å². The van der Waals surface area contributed by atoms with E-state index in [9.17, 15) is 13.2 Å². The third kappa shape index (κ3) is 4.48. The molecular weight excluding hydrogens is 364 g/mol. The third-order valence-corrected chi connectivity index (χ3v) is 6.90. The smallest absolute Gasteiger partial charge is 0.241 e. The first-order valence-corrected chi connectivity index (χ1v) is 10.8. The van der Waals surface area contributed by atoms with Gasteiger partial charge in [-0.2, -0.15) is 0 Å². The van der Waals surface area contributed by atoms with Crippen molar-refractivity contribution in [1.82, 2.24) is 10.6 Å². The van der Waals surface area contributed by atoms with Crippen molar-refractivity contribution in [3.63, 3.8) is 0 Å². The maximum atomic E-state index is 12.7. The monoisotopic (exact) mass is 388 g/mol. The van der Waals surface area contributed by atoms with Gasteiger partial charge in [0, 0.05) is 12.8 Å². The highest BCUT2D eigenvalue weighted by Gasteiger charge is 2.48. The number of para-hydroxylation sites is 1.